The van der Waals surface area contributed by atoms with E-state index in [0.717, 1.165) is 19.5 Å². The lowest BCUT2D eigenvalue weighted by Crippen LogP contribution is -2.25. The van der Waals surface area contributed by atoms with E-state index in [1.807, 2.05) is 6.20 Å². The number of pyridine rings is 1. The monoisotopic (exact) mass is 310 g/mol. The highest BCUT2D eigenvalue weighted by Crippen LogP contribution is 2.34. The molecule has 1 atom stereocenters. The molecular formula is C19H26N4. The maximum atomic E-state index is 5.04. The summed E-state index contributed by atoms with van der Waals surface area (Å²) in [6, 6.07) is 4.77. The fraction of sp³-hybridized carbons (Fsp3) is 0.579. The zero-order chi connectivity index (χ0) is 15.8. The predicted molar refractivity (Wildman–Crippen MR) is 91.2 cm³/mol. The Kier molecular flexibility index (Phi) is 3.93. The molecule has 0 spiro atoms. The Bertz CT molecular complexity index is 686. The number of imidazole rings is 1. The van der Waals surface area contributed by atoms with Crippen LogP contribution >= 0.6 is 0 Å². The van der Waals surface area contributed by atoms with Gasteiger partial charge in [-0.3, -0.25) is 9.88 Å². The zero-order valence-electron chi connectivity index (χ0n) is 14.3. The molecule has 122 valence electrons. The standard InChI is InChI=1S/C19H26N4/c1-14-9-10-15(20-12-14)13-23-11-5-8-18(23)19-21-16-6-3-4-7-17(16)22(19)2/h9-10,12,18H,3-8,11,13H2,1-2H3/t18-/m1/s1. The zero-order valence-corrected chi connectivity index (χ0v) is 14.3. The maximum absolute atomic E-state index is 5.04. The van der Waals surface area contributed by atoms with Crippen LogP contribution in [0.2, 0.25) is 0 Å². The van der Waals surface area contributed by atoms with Crippen molar-refractivity contribution < 1.29 is 0 Å². The first kappa shape index (κ1) is 14.9. The highest BCUT2D eigenvalue weighted by molar-refractivity contribution is 5.22. The van der Waals surface area contributed by atoms with Crippen molar-refractivity contribution in [2.75, 3.05) is 6.54 Å². The third kappa shape index (κ3) is 2.80. The molecule has 23 heavy (non-hydrogen) atoms. The van der Waals surface area contributed by atoms with Gasteiger partial charge in [0.25, 0.3) is 0 Å². The van der Waals surface area contributed by atoms with Crippen molar-refractivity contribution >= 4 is 0 Å². The number of rotatable bonds is 3. The van der Waals surface area contributed by atoms with Crippen molar-refractivity contribution in [1.82, 2.24) is 19.4 Å². The van der Waals surface area contributed by atoms with Gasteiger partial charge in [-0.2, -0.15) is 0 Å². The summed E-state index contributed by atoms with van der Waals surface area (Å²) < 4.78 is 2.39. The Labute approximate surface area is 138 Å². The second kappa shape index (κ2) is 6.08. The Morgan fingerprint density at radius 2 is 2.04 bits per heavy atom. The van der Waals surface area contributed by atoms with Gasteiger partial charge in [0.2, 0.25) is 0 Å². The van der Waals surface area contributed by atoms with Crippen molar-refractivity contribution in [2.24, 2.45) is 7.05 Å². The predicted octanol–water partition coefficient (Wildman–Crippen LogP) is 3.34. The summed E-state index contributed by atoms with van der Waals surface area (Å²) in [7, 11) is 2.22. The largest absolute Gasteiger partial charge is 0.334 e. The minimum Gasteiger partial charge on any atom is -0.334 e. The van der Waals surface area contributed by atoms with Crippen LogP contribution in [0.1, 0.15) is 60.2 Å². The molecule has 0 amide bonds. The molecule has 2 aliphatic rings. The number of aromatic nitrogens is 3. The van der Waals surface area contributed by atoms with Gasteiger partial charge >= 0.3 is 0 Å². The van der Waals surface area contributed by atoms with Crippen LogP contribution < -0.4 is 0 Å². The molecule has 0 saturated carbocycles. The van der Waals surface area contributed by atoms with Gasteiger partial charge in [-0.15, -0.1) is 0 Å². The smallest absolute Gasteiger partial charge is 0.126 e. The molecule has 2 aromatic heterocycles. The Hall–Kier alpha value is -1.68. The lowest BCUT2D eigenvalue weighted by Gasteiger charge is -2.24. The summed E-state index contributed by atoms with van der Waals surface area (Å²) >= 11 is 0. The van der Waals surface area contributed by atoms with Crippen LogP contribution in [0.3, 0.4) is 0 Å². The summed E-state index contributed by atoms with van der Waals surface area (Å²) in [5.41, 5.74) is 5.23. The van der Waals surface area contributed by atoms with Gasteiger partial charge in [-0.1, -0.05) is 6.07 Å². The minimum absolute atomic E-state index is 0.453. The fourth-order valence-electron chi connectivity index (χ4n) is 4.11. The number of aryl methyl sites for hydroxylation is 2. The first-order chi connectivity index (χ1) is 11.2. The fourth-order valence-corrected chi connectivity index (χ4v) is 4.11. The Morgan fingerprint density at radius 1 is 1.17 bits per heavy atom. The van der Waals surface area contributed by atoms with Gasteiger partial charge in [0.1, 0.15) is 5.82 Å². The second-order valence-electron chi connectivity index (χ2n) is 7.08. The van der Waals surface area contributed by atoms with Gasteiger partial charge in [-0.05, 0) is 63.6 Å². The lowest BCUT2D eigenvalue weighted by atomic mass is 10.0. The quantitative estimate of drug-likeness (QED) is 0.872. The second-order valence-corrected chi connectivity index (χ2v) is 7.08. The summed E-state index contributed by atoms with van der Waals surface area (Å²) in [5.74, 6) is 1.28. The molecule has 4 heteroatoms. The normalized spacial score (nSPS) is 21.6. The van der Waals surface area contributed by atoms with Crippen molar-refractivity contribution in [3.8, 4) is 0 Å². The van der Waals surface area contributed by atoms with Crippen LogP contribution in [0.4, 0.5) is 0 Å². The van der Waals surface area contributed by atoms with Crippen LogP contribution in [-0.2, 0) is 26.4 Å². The molecule has 0 bridgehead atoms. The van der Waals surface area contributed by atoms with E-state index in [2.05, 4.69) is 40.6 Å². The lowest BCUT2D eigenvalue weighted by molar-refractivity contribution is 0.233. The van der Waals surface area contributed by atoms with Gasteiger partial charge in [0.05, 0.1) is 17.4 Å². The van der Waals surface area contributed by atoms with Gasteiger partial charge in [-0.25, -0.2) is 4.98 Å². The average molecular weight is 310 g/mol. The van der Waals surface area contributed by atoms with Gasteiger partial charge in [0.15, 0.2) is 0 Å². The van der Waals surface area contributed by atoms with Crippen LogP contribution in [-0.4, -0.2) is 26.0 Å². The van der Waals surface area contributed by atoms with Crippen molar-refractivity contribution in [3.63, 3.8) is 0 Å². The molecule has 0 unspecified atom stereocenters. The van der Waals surface area contributed by atoms with Crippen LogP contribution in [0, 0.1) is 6.92 Å². The topological polar surface area (TPSA) is 34.0 Å². The number of hydrogen-bond acceptors (Lipinski definition) is 3. The van der Waals surface area contributed by atoms with E-state index < -0.39 is 0 Å². The third-order valence-corrected chi connectivity index (χ3v) is 5.41. The Morgan fingerprint density at radius 3 is 2.83 bits per heavy atom. The summed E-state index contributed by atoms with van der Waals surface area (Å²) in [4.78, 5) is 12.2. The first-order valence-electron chi connectivity index (χ1n) is 8.92. The number of nitrogens with zero attached hydrogens (tertiary/aromatic N) is 4. The van der Waals surface area contributed by atoms with E-state index >= 15 is 0 Å². The molecule has 4 nitrogen and oxygen atoms in total. The van der Waals surface area contributed by atoms with Crippen molar-refractivity contribution in [3.05, 3.63) is 46.8 Å². The molecule has 2 aromatic rings. The maximum Gasteiger partial charge on any atom is 0.126 e. The molecule has 0 radical (unpaired) electrons. The van der Waals surface area contributed by atoms with Gasteiger partial charge < -0.3 is 4.57 Å². The molecule has 0 N–H and O–H groups in total. The molecule has 4 rings (SSSR count). The molecule has 1 aliphatic heterocycles. The van der Waals surface area contributed by atoms with E-state index in [4.69, 9.17) is 4.98 Å². The third-order valence-electron chi connectivity index (χ3n) is 5.41. The van der Waals surface area contributed by atoms with Gasteiger partial charge in [0, 0.05) is 25.5 Å². The van der Waals surface area contributed by atoms with Crippen LogP contribution in [0.5, 0.6) is 0 Å². The molecule has 3 heterocycles. The molecule has 1 saturated heterocycles. The number of fused-ring (bicyclic) bond motifs is 1. The SMILES string of the molecule is Cc1ccc(CN2CCC[C@@H]2c2nc3c(n2C)CCCC3)nc1. The molecule has 1 fully saturated rings. The van der Waals surface area contributed by atoms with E-state index in [9.17, 15) is 0 Å². The summed E-state index contributed by atoms with van der Waals surface area (Å²) in [6.07, 6.45) is 9.42. The average Bonchev–Trinajstić information content (AvgIpc) is 3.14. The van der Waals surface area contributed by atoms with E-state index in [1.165, 1.54) is 60.6 Å². The van der Waals surface area contributed by atoms with Crippen molar-refractivity contribution in [2.45, 2.75) is 58.0 Å². The molecule has 0 aromatic carbocycles. The van der Waals surface area contributed by atoms with E-state index in [-0.39, 0.29) is 0 Å². The van der Waals surface area contributed by atoms with Crippen molar-refractivity contribution in [1.29, 1.82) is 0 Å². The van der Waals surface area contributed by atoms with Crippen LogP contribution in [0.15, 0.2) is 18.3 Å². The minimum atomic E-state index is 0.453. The summed E-state index contributed by atoms with van der Waals surface area (Å²) in [6.45, 7) is 4.17. The van der Waals surface area contributed by atoms with E-state index in [1.54, 1.807) is 0 Å². The number of hydrogen-bond donors (Lipinski definition) is 0. The number of likely N-dealkylation sites (tertiary alicyclic amines) is 1. The highest BCUT2D eigenvalue weighted by Gasteiger charge is 2.31. The Balaban J connectivity index is 1.58. The van der Waals surface area contributed by atoms with Crippen LogP contribution in [0.25, 0.3) is 0 Å². The van der Waals surface area contributed by atoms with E-state index in [0.29, 0.717) is 6.04 Å². The molecular weight excluding hydrogens is 284 g/mol. The summed E-state index contributed by atoms with van der Waals surface area (Å²) in [5, 5.41) is 0. The molecule has 1 aliphatic carbocycles. The highest BCUT2D eigenvalue weighted by atomic mass is 15.2. The first-order valence-corrected chi connectivity index (χ1v) is 8.92.